The highest BCUT2D eigenvalue weighted by atomic mass is 16.3. The zero-order chi connectivity index (χ0) is 12.6. The Bertz CT molecular complexity index is 538. The van der Waals surface area contributed by atoms with Crippen molar-refractivity contribution in [1.82, 2.24) is 14.8 Å². The molecule has 0 bridgehead atoms. The summed E-state index contributed by atoms with van der Waals surface area (Å²) in [6.07, 6.45) is 0. The van der Waals surface area contributed by atoms with Gasteiger partial charge in [-0.25, -0.2) is 9.67 Å². The molecule has 0 saturated heterocycles. The van der Waals surface area contributed by atoms with E-state index in [1.165, 1.54) is 0 Å². The second kappa shape index (κ2) is 3.96. The van der Waals surface area contributed by atoms with Crippen molar-refractivity contribution in [3.05, 3.63) is 41.3 Å². The van der Waals surface area contributed by atoms with Gasteiger partial charge in [0.1, 0.15) is 5.60 Å². The normalized spacial score (nSPS) is 11.8. The minimum atomic E-state index is -0.938. The van der Waals surface area contributed by atoms with Crippen molar-refractivity contribution in [2.24, 2.45) is 0 Å². The highest BCUT2D eigenvalue weighted by Gasteiger charge is 2.18. The fraction of sp³-hybridized carbons (Fsp3) is 0.385. The third-order valence-corrected chi connectivity index (χ3v) is 2.59. The molecular weight excluding hydrogens is 214 g/mol. The largest absolute Gasteiger partial charge is 0.384 e. The Balaban J connectivity index is 2.50. The van der Waals surface area contributed by atoms with E-state index < -0.39 is 5.60 Å². The maximum absolute atomic E-state index is 9.94. The van der Waals surface area contributed by atoms with Crippen LogP contribution in [0.3, 0.4) is 0 Å². The van der Waals surface area contributed by atoms with Crippen LogP contribution in [0.4, 0.5) is 0 Å². The van der Waals surface area contributed by atoms with Crippen molar-refractivity contribution < 1.29 is 5.11 Å². The molecule has 0 fully saturated rings. The van der Waals surface area contributed by atoms with E-state index in [0.29, 0.717) is 5.69 Å². The van der Waals surface area contributed by atoms with Gasteiger partial charge in [-0.3, -0.25) is 0 Å². The number of aromatic nitrogens is 3. The van der Waals surface area contributed by atoms with Gasteiger partial charge in [-0.2, -0.15) is 5.10 Å². The first-order valence-corrected chi connectivity index (χ1v) is 5.61. The van der Waals surface area contributed by atoms with Gasteiger partial charge in [0, 0.05) is 5.69 Å². The zero-order valence-electron chi connectivity index (χ0n) is 10.6. The number of aryl methyl sites for hydroxylation is 2. The number of hydrogen-bond donors (Lipinski definition) is 1. The molecule has 2 rings (SSSR count). The lowest BCUT2D eigenvalue weighted by molar-refractivity contribution is 0.0738. The standard InChI is InChI=1S/C13H17N3O/c1-9-8-10(2)16(15-9)12-7-5-6-11(14-12)13(3,4)17/h5-8,17H,1-4H3. The fourth-order valence-electron chi connectivity index (χ4n) is 1.74. The average molecular weight is 231 g/mol. The molecule has 2 aromatic rings. The summed E-state index contributed by atoms with van der Waals surface area (Å²) >= 11 is 0. The predicted octanol–water partition coefficient (Wildman–Crippen LogP) is 2.11. The zero-order valence-corrected chi connectivity index (χ0v) is 10.6. The van der Waals surface area contributed by atoms with Crippen LogP contribution < -0.4 is 0 Å². The SMILES string of the molecule is Cc1cc(C)n(-c2cccc(C(C)(C)O)n2)n1. The van der Waals surface area contributed by atoms with Crippen molar-refractivity contribution in [3.8, 4) is 5.82 Å². The van der Waals surface area contributed by atoms with E-state index in [0.717, 1.165) is 17.2 Å². The van der Waals surface area contributed by atoms with Crippen LogP contribution in [-0.2, 0) is 5.60 Å². The lowest BCUT2D eigenvalue weighted by atomic mass is 10.1. The maximum atomic E-state index is 9.94. The Hall–Kier alpha value is -1.68. The second-order valence-corrected chi connectivity index (χ2v) is 4.78. The summed E-state index contributed by atoms with van der Waals surface area (Å²) < 4.78 is 1.78. The topological polar surface area (TPSA) is 50.9 Å². The Morgan fingerprint density at radius 1 is 1.24 bits per heavy atom. The maximum Gasteiger partial charge on any atom is 0.154 e. The molecule has 0 aromatic carbocycles. The molecule has 1 N–H and O–H groups in total. The second-order valence-electron chi connectivity index (χ2n) is 4.78. The molecule has 17 heavy (non-hydrogen) atoms. The molecule has 0 aliphatic carbocycles. The van der Waals surface area contributed by atoms with E-state index in [2.05, 4.69) is 10.1 Å². The third kappa shape index (κ3) is 2.36. The van der Waals surface area contributed by atoms with Crippen molar-refractivity contribution in [3.63, 3.8) is 0 Å². The van der Waals surface area contributed by atoms with Gasteiger partial charge >= 0.3 is 0 Å². The smallest absolute Gasteiger partial charge is 0.154 e. The lowest BCUT2D eigenvalue weighted by Crippen LogP contribution is -2.18. The Morgan fingerprint density at radius 3 is 2.47 bits per heavy atom. The van der Waals surface area contributed by atoms with Crippen molar-refractivity contribution in [2.45, 2.75) is 33.3 Å². The first kappa shape index (κ1) is 11.8. The minimum Gasteiger partial charge on any atom is -0.384 e. The van der Waals surface area contributed by atoms with Gasteiger partial charge < -0.3 is 5.11 Å². The summed E-state index contributed by atoms with van der Waals surface area (Å²) in [5.41, 5.74) is 1.69. The number of aliphatic hydroxyl groups is 1. The average Bonchev–Trinajstić information content (AvgIpc) is 2.57. The van der Waals surface area contributed by atoms with E-state index >= 15 is 0 Å². The summed E-state index contributed by atoms with van der Waals surface area (Å²) in [5, 5.41) is 14.3. The van der Waals surface area contributed by atoms with Gasteiger partial charge in [-0.05, 0) is 45.9 Å². The molecule has 2 heterocycles. The molecule has 4 nitrogen and oxygen atoms in total. The van der Waals surface area contributed by atoms with E-state index in [4.69, 9.17) is 0 Å². The summed E-state index contributed by atoms with van der Waals surface area (Å²) in [7, 11) is 0. The number of pyridine rings is 1. The van der Waals surface area contributed by atoms with Crippen LogP contribution in [0.2, 0.25) is 0 Å². The van der Waals surface area contributed by atoms with Crippen LogP contribution in [0.1, 0.15) is 30.9 Å². The van der Waals surface area contributed by atoms with Crippen molar-refractivity contribution in [2.75, 3.05) is 0 Å². The molecule has 0 radical (unpaired) electrons. The Morgan fingerprint density at radius 2 is 1.94 bits per heavy atom. The van der Waals surface area contributed by atoms with E-state index in [-0.39, 0.29) is 0 Å². The monoisotopic (exact) mass is 231 g/mol. The van der Waals surface area contributed by atoms with Crippen LogP contribution in [0.25, 0.3) is 5.82 Å². The molecule has 0 spiro atoms. The first-order chi connectivity index (χ1) is 7.88. The molecule has 0 aliphatic heterocycles. The third-order valence-electron chi connectivity index (χ3n) is 2.59. The van der Waals surface area contributed by atoms with Crippen LogP contribution in [0, 0.1) is 13.8 Å². The molecule has 2 aromatic heterocycles. The van der Waals surface area contributed by atoms with E-state index in [1.807, 2.05) is 38.1 Å². The van der Waals surface area contributed by atoms with Crippen LogP contribution in [-0.4, -0.2) is 19.9 Å². The van der Waals surface area contributed by atoms with Gasteiger partial charge in [0.05, 0.1) is 11.4 Å². The molecule has 0 unspecified atom stereocenters. The summed E-state index contributed by atoms with van der Waals surface area (Å²) in [6, 6.07) is 7.58. The Kier molecular flexibility index (Phi) is 2.75. The number of nitrogens with zero attached hydrogens (tertiary/aromatic N) is 3. The summed E-state index contributed by atoms with van der Waals surface area (Å²) in [4.78, 5) is 4.44. The molecular formula is C13H17N3O. The molecule has 90 valence electrons. The van der Waals surface area contributed by atoms with Gasteiger partial charge in [0.2, 0.25) is 0 Å². The lowest BCUT2D eigenvalue weighted by Gasteiger charge is -2.17. The van der Waals surface area contributed by atoms with Crippen LogP contribution in [0.5, 0.6) is 0 Å². The highest BCUT2D eigenvalue weighted by Crippen LogP contribution is 2.19. The van der Waals surface area contributed by atoms with Gasteiger partial charge in [-0.1, -0.05) is 6.07 Å². The highest BCUT2D eigenvalue weighted by molar-refractivity contribution is 5.28. The predicted molar refractivity (Wildman–Crippen MR) is 66.1 cm³/mol. The van der Waals surface area contributed by atoms with Gasteiger partial charge in [-0.15, -0.1) is 0 Å². The van der Waals surface area contributed by atoms with Crippen molar-refractivity contribution >= 4 is 0 Å². The number of hydrogen-bond acceptors (Lipinski definition) is 3. The summed E-state index contributed by atoms with van der Waals surface area (Å²) in [5.74, 6) is 0.732. The fourth-order valence-corrected chi connectivity index (χ4v) is 1.74. The Labute approximate surface area is 101 Å². The van der Waals surface area contributed by atoms with Gasteiger partial charge in [0.25, 0.3) is 0 Å². The first-order valence-electron chi connectivity index (χ1n) is 5.61. The van der Waals surface area contributed by atoms with Crippen LogP contribution in [0.15, 0.2) is 24.3 Å². The molecule has 0 atom stereocenters. The summed E-state index contributed by atoms with van der Waals surface area (Å²) in [6.45, 7) is 7.38. The van der Waals surface area contributed by atoms with E-state index in [9.17, 15) is 5.11 Å². The quantitative estimate of drug-likeness (QED) is 0.861. The molecule has 4 heteroatoms. The minimum absolute atomic E-state index is 0.641. The number of rotatable bonds is 2. The van der Waals surface area contributed by atoms with E-state index in [1.54, 1.807) is 18.5 Å². The van der Waals surface area contributed by atoms with Crippen molar-refractivity contribution in [1.29, 1.82) is 0 Å². The molecule has 0 aliphatic rings. The van der Waals surface area contributed by atoms with Crippen LogP contribution >= 0.6 is 0 Å². The molecule has 0 amide bonds. The van der Waals surface area contributed by atoms with Gasteiger partial charge in [0.15, 0.2) is 5.82 Å². The molecule has 0 saturated carbocycles.